The number of carbonyl (C=O) groups is 1. The van der Waals surface area contributed by atoms with Gasteiger partial charge in [0.15, 0.2) is 12.6 Å². The molecule has 32 heavy (non-hydrogen) atoms. The van der Waals surface area contributed by atoms with E-state index in [0.29, 0.717) is 35.5 Å². The zero-order valence-corrected chi connectivity index (χ0v) is 19.3. The molecule has 1 aromatic carbocycles. The van der Waals surface area contributed by atoms with E-state index >= 15 is 0 Å². The lowest BCUT2D eigenvalue weighted by Gasteiger charge is -2.21. The second-order valence-corrected chi connectivity index (χ2v) is 8.45. The Bertz CT molecular complexity index is 864. The van der Waals surface area contributed by atoms with Crippen molar-refractivity contribution in [1.29, 1.82) is 0 Å². The lowest BCUT2D eigenvalue weighted by atomic mass is 10.00. The molecule has 2 unspecified atom stereocenters. The molecule has 0 bridgehead atoms. The maximum atomic E-state index is 13.2. The van der Waals surface area contributed by atoms with Crippen LogP contribution in [0.3, 0.4) is 0 Å². The molecule has 1 fully saturated rings. The van der Waals surface area contributed by atoms with Crippen molar-refractivity contribution in [2.75, 3.05) is 21.0 Å². The summed E-state index contributed by atoms with van der Waals surface area (Å²) in [4.78, 5) is 13.2. The summed E-state index contributed by atoms with van der Waals surface area (Å²) in [5.74, 6) is -0.136. The molecule has 176 valence electrons. The second-order valence-electron chi connectivity index (χ2n) is 8.45. The first-order chi connectivity index (χ1) is 15.2. The van der Waals surface area contributed by atoms with Crippen LogP contribution < -0.4 is 14.8 Å². The van der Waals surface area contributed by atoms with Gasteiger partial charge in [-0.25, -0.2) is 0 Å². The molecule has 1 saturated heterocycles. The highest BCUT2D eigenvalue weighted by Gasteiger charge is 2.43. The van der Waals surface area contributed by atoms with Gasteiger partial charge in [-0.1, -0.05) is 24.3 Å². The van der Waals surface area contributed by atoms with Gasteiger partial charge in [0.05, 0.1) is 18.8 Å². The van der Waals surface area contributed by atoms with Crippen LogP contribution >= 0.6 is 0 Å². The summed E-state index contributed by atoms with van der Waals surface area (Å²) in [5, 5.41) is 13.7. The fraction of sp³-hybridized carbons (Fsp3) is 0.542. The number of hydrogen-bond acceptors (Lipinski definition) is 7. The standard InChI is InChI=1S/C24H33NO7/c1-15-8-6-10-18(26)22-19(31-24(2,3)32-22)11-7-9-16-12-17(29-5)13-20(30-14-28-4)21(16)23(27)25-15/h6-7,9-10,12-13,15,18-19,22,26H,8,11,14H2,1-5H3,(H,25,27)/b9-7+,10-6-/t15-,18?,19?,22+/m0/s1. The van der Waals surface area contributed by atoms with E-state index in [1.807, 2.05) is 39.0 Å². The van der Waals surface area contributed by atoms with E-state index in [4.69, 9.17) is 23.7 Å². The molecule has 4 atom stereocenters. The van der Waals surface area contributed by atoms with Gasteiger partial charge < -0.3 is 34.1 Å². The second kappa shape index (κ2) is 10.5. The molecule has 2 N–H and O–H groups in total. The monoisotopic (exact) mass is 447 g/mol. The average Bonchev–Trinajstić information content (AvgIpc) is 3.05. The lowest BCUT2D eigenvalue weighted by molar-refractivity contribution is -0.152. The van der Waals surface area contributed by atoms with Crippen molar-refractivity contribution in [3.05, 3.63) is 41.5 Å². The quantitative estimate of drug-likeness (QED) is 0.541. The lowest BCUT2D eigenvalue weighted by Crippen LogP contribution is -2.35. The molecule has 3 rings (SSSR count). The Labute approximate surface area is 189 Å². The third kappa shape index (κ3) is 5.89. The zero-order chi connectivity index (χ0) is 23.3. The van der Waals surface area contributed by atoms with Crippen molar-refractivity contribution in [1.82, 2.24) is 5.32 Å². The van der Waals surface area contributed by atoms with Gasteiger partial charge in [0.2, 0.25) is 0 Å². The summed E-state index contributed by atoms with van der Waals surface area (Å²) in [6.07, 6.45) is 6.66. The van der Waals surface area contributed by atoms with Crippen LogP contribution in [-0.2, 0) is 14.2 Å². The topological polar surface area (TPSA) is 95.5 Å². The first-order valence-electron chi connectivity index (χ1n) is 10.8. The van der Waals surface area contributed by atoms with E-state index in [1.165, 1.54) is 7.11 Å². The van der Waals surface area contributed by atoms with Crippen molar-refractivity contribution in [3.63, 3.8) is 0 Å². The number of aliphatic hydroxyl groups is 1. The van der Waals surface area contributed by atoms with Crippen molar-refractivity contribution in [2.24, 2.45) is 0 Å². The Balaban J connectivity index is 2.02. The van der Waals surface area contributed by atoms with Crippen molar-refractivity contribution < 1.29 is 33.6 Å². The Morgan fingerprint density at radius 2 is 1.97 bits per heavy atom. The molecule has 0 saturated carbocycles. The molecule has 2 aliphatic rings. The van der Waals surface area contributed by atoms with Crippen LogP contribution in [0.15, 0.2) is 30.4 Å². The number of methoxy groups -OCH3 is 2. The number of ether oxygens (including phenoxy) is 5. The van der Waals surface area contributed by atoms with Crippen LogP contribution in [0, 0.1) is 0 Å². The van der Waals surface area contributed by atoms with Crippen molar-refractivity contribution >= 4 is 12.0 Å². The highest BCUT2D eigenvalue weighted by atomic mass is 16.8. The van der Waals surface area contributed by atoms with Crippen LogP contribution in [0.2, 0.25) is 0 Å². The normalized spacial score (nSPS) is 29.8. The minimum absolute atomic E-state index is 0.00318. The van der Waals surface area contributed by atoms with Crippen LogP contribution in [-0.4, -0.2) is 62.2 Å². The minimum atomic E-state index is -0.817. The first-order valence-corrected chi connectivity index (χ1v) is 10.8. The molecule has 1 amide bonds. The number of aliphatic hydroxyl groups excluding tert-OH is 1. The summed E-state index contributed by atoms with van der Waals surface area (Å²) in [5.41, 5.74) is 1.04. The Morgan fingerprint density at radius 3 is 2.69 bits per heavy atom. The maximum Gasteiger partial charge on any atom is 0.255 e. The Morgan fingerprint density at radius 1 is 1.19 bits per heavy atom. The van der Waals surface area contributed by atoms with E-state index < -0.39 is 18.0 Å². The van der Waals surface area contributed by atoms with E-state index in [0.717, 1.165) is 0 Å². The predicted octanol–water partition coefficient (Wildman–Crippen LogP) is 3.04. The Hall–Kier alpha value is -2.39. The van der Waals surface area contributed by atoms with E-state index in [-0.39, 0.29) is 24.8 Å². The van der Waals surface area contributed by atoms with Crippen LogP contribution in [0.1, 0.15) is 49.5 Å². The third-order valence-electron chi connectivity index (χ3n) is 5.33. The van der Waals surface area contributed by atoms with E-state index in [2.05, 4.69) is 5.32 Å². The molecular formula is C24H33NO7. The molecule has 2 aliphatic heterocycles. The van der Waals surface area contributed by atoms with E-state index in [9.17, 15) is 9.90 Å². The molecule has 0 radical (unpaired) electrons. The highest BCUT2D eigenvalue weighted by molar-refractivity contribution is 6.01. The highest BCUT2D eigenvalue weighted by Crippen LogP contribution is 2.34. The number of nitrogens with one attached hydrogen (secondary N) is 1. The maximum absolute atomic E-state index is 13.2. The van der Waals surface area contributed by atoms with Gasteiger partial charge in [-0.05, 0) is 45.2 Å². The summed E-state index contributed by atoms with van der Waals surface area (Å²) >= 11 is 0. The van der Waals surface area contributed by atoms with Gasteiger partial charge in [-0.15, -0.1) is 0 Å². The van der Waals surface area contributed by atoms with E-state index in [1.54, 1.807) is 25.3 Å². The first kappa shape index (κ1) is 24.3. The number of fused-ring (bicyclic) bond motifs is 2. The number of carbonyl (C=O) groups excluding carboxylic acids is 1. The average molecular weight is 448 g/mol. The Kier molecular flexibility index (Phi) is 7.95. The predicted molar refractivity (Wildman–Crippen MR) is 120 cm³/mol. The fourth-order valence-electron chi connectivity index (χ4n) is 3.89. The van der Waals surface area contributed by atoms with Gasteiger partial charge in [-0.2, -0.15) is 0 Å². The molecular weight excluding hydrogens is 414 g/mol. The summed E-state index contributed by atoms with van der Waals surface area (Å²) in [7, 11) is 3.07. The zero-order valence-electron chi connectivity index (χ0n) is 19.3. The summed E-state index contributed by atoms with van der Waals surface area (Å²) in [6.45, 7) is 5.56. The van der Waals surface area contributed by atoms with Crippen LogP contribution in [0.5, 0.6) is 11.5 Å². The van der Waals surface area contributed by atoms with Gasteiger partial charge >= 0.3 is 0 Å². The number of hydrogen-bond donors (Lipinski definition) is 2. The fourth-order valence-corrected chi connectivity index (χ4v) is 3.89. The van der Waals surface area contributed by atoms with Gasteiger partial charge in [0.25, 0.3) is 5.91 Å². The SMILES string of the molecule is COCOc1cc(OC)cc2c1C(=O)N[C@@H](C)C/C=C\C(O)[C@H]1OC(C)(C)OC1C/C=C/2. The number of amides is 1. The molecule has 8 nitrogen and oxygen atoms in total. The van der Waals surface area contributed by atoms with Crippen LogP contribution in [0.4, 0.5) is 0 Å². The molecule has 0 aromatic heterocycles. The van der Waals surface area contributed by atoms with Gasteiger partial charge in [0.1, 0.15) is 23.7 Å². The molecule has 2 heterocycles. The number of benzene rings is 1. The molecule has 0 aliphatic carbocycles. The molecule has 0 spiro atoms. The summed E-state index contributed by atoms with van der Waals surface area (Å²) < 4.78 is 28.1. The number of rotatable bonds is 4. The van der Waals surface area contributed by atoms with Crippen molar-refractivity contribution in [3.8, 4) is 11.5 Å². The largest absolute Gasteiger partial charge is 0.497 e. The van der Waals surface area contributed by atoms with Crippen molar-refractivity contribution in [2.45, 2.75) is 63.8 Å². The molecule has 8 heteroatoms. The summed E-state index contributed by atoms with van der Waals surface area (Å²) in [6, 6.07) is 3.28. The third-order valence-corrected chi connectivity index (χ3v) is 5.33. The van der Waals surface area contributed by atoms with Gasteiger partial charge in [-0.3, -0.25) is 4.79 Å². The van der Waals surface area contributed by atoms with Crippen LogP contribution in [0.25, 0.3) is 6.08 Å². The smallest absolute Gasteiger partial charge is 0.255 e. The minimum Gasteiger partial charge on any atom is -0.497 e. The molecule has 1 aromatic rings. The van der Waals surface area contributed by atoms with Gasteiger partial charge in [0, 0.05) is 19.2 Å².